The van der Waals surface area contributed by atoms with Gasteiger partial charge in [0.25, 0.3) is 0 Å². The zero-order valence-electron chi connectivity index (χ0n) is 17.9. The molecule has 0 aromatic carbocycles. The quantitative estimate of drug-likeness (QED) is 0.728. The molecule has 0 aromatic rings. The Morgan fingerprint density at radius 2 is 1.85 bits per heavy atom. The summed E-state index contributed by atoms with van der Waals surface area (Å²) in [6.45, 7) is 11.1. The maximum atomic E-state index is 13.1. The zero-order valence-corrected chi connectivity index (χ0v) is 17.9. The normalized spacial score (nSPS) is 46.7. The molecular formula is C23H38N2O2. The van der Waals surface area contributed by atoms with Crippen molar-refractivity contribution in [3.05, 3.63) is 0 Å². The predicted octanol–water partition coefficient (Wildman–Crippen LogP) is 4.04. The predicted molar refractivity (Wildman–Crippen MR) is 107 cm³/mol. The minimum atomic E-state index is -0.168. The van der Waals surface area contributed by atoms with Crippen molar-refractivity contribution in [3.8, 4) is 0 Å². The number of piperidine rings is 1. The second-order valence-corrected chi connectivity index (χ2v) is 11.6. The molecule has 3 aliphatic carbocycles. The Labute approximate surface area is 164 Å². The van der Waals surface area contributed by atoms with Gasteiger partial charge in [0, 0.05) is 23.9 Å². The summed E-state index contributed by atoms with van der Waals surface area (Å²) in [5.41, 5.74) is 0.152. The van der Waals surface area contributed by atoms with Gasteiger partial charge in [-0.1, -0.05) is 13.8 Å². The van der Waals surface area contributed by atoms with Crippen molar-refractivity contribution in [2.45, 2.75) is 97.6 Å². The Kier molecular flexibility index (Phi) is 4.44. The first-order chi connectivity index (χ1) is 12.5. The van der Waals surface area contributed by atoms with Gasteiger partial charge in [0.05, 0.1) is 0 Å². The lowest BCUT2D eigenvalue weighted by molar-refractivity contribution is -0.140. The Hall–Kier alpha value is -1.06. The van der Waals surface area contributed by atoms with E-state index in [2.05, 4.69) is 45.3 Å². The molecule has 152 valence electrons. The van der Waals surface area contributed by atoms with Crippen LogP contribution >= 0.6 is 0 Å². The maximum Gasteiger partial charge on any atom is 0.224 e. The summed E-state index contributed by atoms with van der Waals surface area (Å²) in [5, 5.41) is 6.58. The van der Waals surface area contributed by atoms with Gasteiger partial charge in [0.15, 0.2) is 0 Å². The summed E-state index contributed by atoms with van der Waals surface area (Å²) in [4.78, 5) is 25.1. The van der Waals surface area contributed by atoms with Crippen LogP contribution in [0.25, 0.3) is 0 Å². The SMILES string of the molecule is CC(C)(C)NC(=O)[C@H]1CC[C@@H]2C[C@@H]3CC[C@H]4NC(=O)CC[C@@]4(C)[C@H]3C[C@]21C. The number of fused-ring (bicyclic) bond motifs is 4. The standard InChI is InChI=1S/C23H38N2O2/c1-21(2,3)25-20(27)16-8-7-15-12-14-6-9-18-22(4,11-10-19(26)24-18)17(14)13-23(15,16)5/h14-18H,6-13H2,1-5H3,(H,24,26)(H,25,27)/t14-,15+,16+,17-,18+,22-,23+/m0/s1. The molecule has 0 radical (unpaired) electrons. The van der Waals surface area contributed by atoms with E-state index in [0.717, 1.165) is 31.6 Å². The topological polar surface area (TPSA) is 58.2 Å². The second-order valence-electron chi connectivity index (χ2n) is 11.6. The van der Waals surface area contributed by atoms with E-state index in [1.807, 2.05) is 0 Å². The van der Waals surface area contributed by atoms with Gasteiger partial charge in [0.2, 0.25) is 11.8 Å². The first-order valence-corrected chi connectivity index (χ1v) is 11.1. The van der Waals surface area contributed by atoms with E-state index in [0.29, 0.717) is 24.3 Å². The van der Waals surface area contributed by atoms with Gasteiger partial charge in [-0.3, -0.25) is 9.59 Å². The third-order valence-corrected chi connectivity index (χ3v) is 8.86. The Morgan fingerprint density at radius 1 is 1.11 bits per heavy atom. The molecular weight excluding hydrogens is 336 g/mol. The van der Waals surface area contributed by atoms with Crippen LogP contribution < -0.4 is 10.6 Å². The van der Waals surface area contributed by atoms with E-state index in [9.17, 15) is 9.59 Å². The van der Waals surface area contributed by atoms with Crippen molar-refractivity contribution in [2.75, 3.05) is 0 Å². The number of carbonyl (C=O) groups excluding carboxylic acids is 2. The van der Waals surface area contributed by atoms with Gasteiger partial charge in [-0.05, 0) is 94.3 Å². The van der Waals surface area contributed by atoms with Crippen LogP contribution in [0, 0.1) is 34.5 Å². The van der Waals surface area contributed by atoms with Crippen LogP contribution in [0.4, 0.5) is 0 Å². The fourth-order valence-electron chi connectivity index (χ4n) is 7.37. The number of carbonyl (C=O) groups is 2. The van der Waals surface area contributed by atoms with E-state index < -0.39 is 0 Å². The molecule has 0 spiro atoms. The van der Waals surface area contributed by atoms with Gasteiger partial charge in [-0.25, -0.2) is 0 Å². The Bertz CT molecular complexity index is 639. The maximum absolute atomic E-state index is 13.1. The second kappa shape index (κ2) is 6.22. The summed E-state index contributed by atoms with van der Waals surface area (Å²) in [6.07, 6.45) is 8.77. The van der Waals surface area contributed by atoms with Crippen molar-refractivity contribution in [1.82, 2.24) is 10.6 Å². The van der Waals surface area contributed by atoms with Gasteiger partial charge >= 0.3 is 0 Å². The zero-order chi connectivity index (χ0) is 19.6. The highest BCUT2D eigenvalue weighted by Crippen LogP contribution is 2.64. The average molecular weight is 375 g/mol. The minimum Gasteiger partial charge on any atom is -0.353 e. The van der Waals surface area contributed by atoms with Crippen LogP contribution in [0.1, 0.15) is 86.0 Å². The first-order valence-electron chi connectivity index (χ1n) is 11.1. The smallest absolute Gasteiger partial charge is 0.224 e. The molecule has 1 heterocycles. The summed E-state index contributed by atoms with van der Waals surface area (Å²) in [5.74, 6) is 2.75. The third-order valence-electron chi connectivity index (χ3n) is 8.86. The average Bonchev–Trinajstić information content (AvgIpc) is 2.89. The van der Waals surface area contributed by atoms with E-state index in [-0.39, 0.29) is 34.1 Å². The molecule has 0 aromatic heterocycles. The minimum absolute atomic E-state index is 0.114. The van der Waals surface area contributed by atoms with E-state index in [1.54, 1.807) is 0 Å². The molecule has 27 heavy (non-hydrogen) atoms. The van der Waals surface area contributed by atoms with Crippen LogP contribution in [-0.2, 0) is 9.59 Å². The van der Waals surface area contributed by atoms with Crippen LogP contribution in [-0.4, -0.2) is 23.4 Å². The van der Waals surface area contributed by atoms with E-state index >= 15 is 0 Å². The Morgan fingerprint density at radius 3 is 2.56 bits per heavy atom. The molecule has 4 fully saturated rings. The lowest BCUT2D eigenvalue weighted by Gasteiger charge is -2.59. The van der Waals surface area contributed by atoms with Crippen molar-refractivity contribution >= 4 is 11.8 Å². The van der Waals surface area contributed by atoms with Gasteiger partial charge in [-0.2, -0.15) is 0 Å². The molecule has 2 amide bonds. The molecule has 4 rings (SSSR count). The molecule has 0 bridgehead atoms. The summed E-state index contributed by atoms with van der Waals surface area (Å²) < 4.78 is 0. The number of rotatable bonds is 1. The number of nitrogens with one attached hydrogen (secondary N) is 2. The van der Waals surface area contributed by atoms with Crippen molar-refractivity contribution in [3.63, 3.8) is 0 Å². The highest BCUT2D eigenvalue weighted by molar-refractivity contribution is 5.80. The number of hydrogen-bond donors (Lipinski definition) is 2. The molecule has 4 nitrogen and oxygen atoms in total. The highest BCUT2D eigenvalue weighted by atomic mass is 16.2. The molecule has 7 atom stereocenters. The summed E-state index contributed by atoms with van der Waals surface area (Å²) in [7, 11) is 0. The summed E-state index contributed by atoms with van der Waals surface area (Å²) in [6, 6.07) is 0.336. The van der Waals surface area contributed by atoms with Crippen LogP contribution in [0.5, 0.6) is 0 Å². The van der Waals surface area contributed by atoms with Crippen LogP contribution in [0.15, 0.2) is 0 Å². The fourth-order valence-corrected chi connectivity index (χ4v) is 7.37. The lowest BCUT2D eigenvalue weighted by Crippen LogP contribution is -2.61. The van der Waals surface area contributed by atoms with E-state index in [1.165, 1.54) is 19.3 Å². The monoisotopic (exact) mass is 374 g/mol. The lowest BCUT2D eigenvalue weighted by atomic mass is 9.47. The van der Waals surface area contributed by atoms with E-state index in [4.69, 9.17) is 0 Å². The molecule has 1 aliphatic heterocycles. The van der Waals surface area contributed by atoms with Gasteiger partial charge in [-0.15, -0.1) is 0 Å². The van der Waals surface area contributed by atoms with Crippen molar-refractivity contribution in [2.24, 2.45) is 34.5 Å². The van der Waals surface area contributed by atoms with Gasteiger partial charge in [0.1, 0.15) is 0 Å². The van der Waals surface area contributed by atoms with Gasteiger partial charge < -0.3 is 10.6 Å². The molecule has 1 saturated heterocycles. The van der Waals surface area contributed by atoms with Crippen LogP contribution in [0.2, 0.25) is 0 Å². The Balaban J connectivity index is 1.59. The fraction of sp³-hybridized carbons (Fsp3) is 0.913. The number of hydrogen-bond acceptors (Lipinski definition) is 2. The molecule has 3 saturated carbocycles. The third kappa shape index (κ3) is 3.11. The number of amides is 2. The first kappa shape index (κ1) is 19.3. The molecule has 0 unspecified atom stereocenters. The van der Waals surface area contributed by atoms with Crippen molar-refractivity contribution < 1.29 is 9.59 Å². The molecule has 4 aliphatic rings. The highest BCUT2D eigenvalue weighted by Gasteiger charge is 2.60. The molecule has 2 N–H and O–H groups in total. The van der Waals surface area contributed by atoms with Crippen LogP contribution in [0.3, 0.4) is 0 Å². The van der Waals surface area contributed by atoms with Crippen molar-refractivity contribution in [1.29, 1.82) is 0 Å². The molecule has 4 heteroatoms. The summed E-state index contributed by atoms with van der Waals surface area (Å²) >= 11 is 0. The largest absolute Gasteiger partial charge is 0.353 e.